The van der Waals surface area contributed by atoms with Crippen molar-refractivity contribution in [3.05, 3.63) is 77.1 Å². The normalized spacial score (nSPS) is 11.3. The second-order valence-electron chi connectivity index (χ2n) is 6.46. The lowest BCUT2D eigenvalue weighted by atomic mass is 10.1. The van der Waals surface area contributed by atoms with Crippen LogP contribution in [0, 0.1) is 0 Å². The molecule has 0 atom stereocenters. The molecule has 5 rings (SSSR count). The zero-order chi connectivity index (χ0) is 19.1. The average molecular weight is 388 g/mol. The molecule has 4 heterocycles. The van der Waals surface area contributed by atoms with Crippen LogP contribution in [0.5, 0.6) is 5.75 Å². The predicted molar refractivity (Wildman–Crippen MR) is 111 cm³/mol. The number of rotatable bonds is 4. The Morgan fingerprint density at radius 2 is 2.07 bits per heavy atom. The number of pyridine rings is 1. The number of hydrogen-bond acceptors (Lipinski definition) is 5. The maximum absolute atomic E-state index is 13.0. The molecule has 4 aromatic heterocycles. The molecule has 0 unspecified atom stereocenters. The molecule has 7 heteroatoms. The molecular formula is C21H16N4O2S. The minimum Gasteiger partial charge on any atom is -0.497 e. The molecule has 1 N–H and O–H groups in total. The second-order valence-corrected chi connectivity index (χ2v) is 7.49. The van der Waals surface area contributed by atoms with Gasteiger partial charge in [-0.25, -0.2) is 9.97 Å². The van der Waals surface area contributed by atoms with Gasteiger partial charge in [0, 0.05) is 28.2 Å². The van der Waals surface area contributed by atoms with Crippen molar-refractivity contribution < 1.29 is 4.74 Å². The van der Waals surface area contributed by atoms with Gasteiger partial charge in [-0.2, -0.15) is 0 Å². The Kier molecular flexibility index (Phi) is 3.95. The summed E-state index contributed by atoms with van der Waals surface area (Å²) in [6, 6.07) is 13.6. The van der Waals surface area contributed by atoms with Gasteiger partial charge in [0.2, 0.25) is 0 Å². The van der Waals surface area contributed by atoms with Crippen LogP contribution in [-0.2, 0) is 6.54 Å². The highest BCUT2D eigenvalue weighted by atomic mass is 32.1. The first-order valence-corrected chi connectivity index (χ1v) is 9.59. The Labute approximate surface area is 164 Å². The van der Waals surface area contributed by atoms with Crippen molar-refractivity contribution in [2.75, 3.05) is 7.11 Å². The SMILES string of the molecule is COc1cccc(Cn2cnc3sc(-c4ccnc5[nH]ccc45)cc3c2=O)c1. The van der Waals surface area contributed by atoms with Crippen LogP contribution in [0.15, 0.2) is 66.0 Å². The van der Waals surface area contributed by atoms with E-state index < -0.39 is 0 Å². The van der Waals surface area contributed by atoms with Crippen LogP contribution in [0.25, 0.3) is 31.7 Å². The van der Waals surface area contributed by atoms with Gasteiger partial charge in [-0.05, 0) is 35.9 Å². The van der Waals surface area contributed by atoms with Crippen LogP contribution in [0.2, 0.25) is 0 Å². The van der Waals surface area contributed by atoms with Crippen molar-refractivity contribution in [3.8, 4) is 16.2 Å². The van der Waals surface area contributed by atoms with E-state index >= 15 is 0 Å². The maximum atomic E-state index is 13.0. The summed E-state index contributed by atoms with van der Waals surface area (Å²) in [4.78, 5) is 26.7. The molecule has 0 amide bonds. The van der Waals surface area contributed by atoms with E-state index in [0.717, 1.165) is 37.6 Å². The van der Waals surface area contributed by atoms with E-state index in [2.05, 4.69) is 15.0 Å². The Hall–Kier alpha value is -3.45. The van der Waals surface area contributed by atoms with Crippen molar-refractivity contribution in [3.63, 3.8) is 0 Å². The number of nitrogens with zero attached hydrogens (tertiary/aromatic N) is 3. The van der Waals surface area contributed by atoms with Crippen LogP contribution in [-0.4, -0.2) is 26.6 Å². The molecular weight excluding hydrogens is 372 g/mol. The third kappa shape index (κ3) is 2.76. The summed E-state index contributed by atoms with van der Waals surface area (Å²) in [5.74, 6) is 0.769. The molecule has 138 valence electrons. The first-order chi connectivity index (χ1) is 13.7. The number of methoxy groups -OCH3 is 1. The molecule has 5 aromatic rings. The highest BCUT2D eigenvalue weighted by Crippen LogP contribution is 2.34. The molecule has 0 radical (unpaired) electrons. The van der Waals surface area contributed by atoms with Gasteiger partial charge in [0.05, 0.1) is 25.4 Å². The Bertz CT molecular complexity index is 1370. The van der Waals surface area contributed by atoms with Crippen LogP contribution in [0.3, 0.4) is 0 Å². The number of nitrogens with one attached hydrogen (secondary N) is 1. The van der Waals surface area contributed by atoms with Gasteiger partial charge in [0.15, 0.2) is 0 Å². The molecule has 0 saturated carbocycles. The molecule has 0 saturated heterocycles. The van der Waals surface area contributed by atoms with E-state index in [-0.39, 0.29) is 5.56 Å². The zero-order valence-electron chi connectivity index (χ0n) is 15.0. The van der Waals surface area contributed by atoms with Gasteiger partial charge < -0.3 is 9.72 Å². The predicted octanol–water partition coefficient (Wildman–Crippen LogP) is 4.06. The molecule has 0 spiro atoms. The van der Waals surface area contributed by atoms with E-state index in [1.165, 1.54) is 11.3 Å². The smallest absolute Gasteiger partial charge is 0.262 e. The maximum Gasteiger partial charge on any atom is 0.262 e. The molecule has 0 fully saturated rings. The number of fused-ring (bicyclic) bond motifs is 2. The quantitative estimate of drug-likeness (QED) is 0.504. The number of aromatic amines is 1. The lowest BCUT2D eigenvalue weighted by Gasteiger charge is -2.07. The summed E-state index contributed by atoms with van der Waals surface area (Å²) in [7, 11) is 1.63. The van der Waals surface area contributed by atoms with Gasteiger partial charge >= 0.3 is 0 Å². The number of hydrogen-bond donors (Lipinski definition) is 1. The Morgan fingerprint density at radius 1 is 1.14 bits per heavy atom. The van der Waals surface area contributed by atoms with Crippen LogP contribution in [0.1, 0.15) is 5.56 Å². The molecule has 0 aliphatic carbocycles. The fourth-order valence-corrected chi connectivity index (χ4v) is 4.38. The number of ether oxygens (including phenoxy) is 1. The van der Waals surface area contributed by atoms with Crippen molar-refractivity contribution in [1.29, 1.82) is 0 Å². The first-order valence-electron chi connectivity index (χ1n) is 8.77. The third-order valence-electron chi connectivity index (χ3n) is 4.73. The number of aromatic nitrogens is 4. The number of thiophene rings is 1. The van der Waals surface area contributed by atoms with E-state index in [9.17, 15) is 4.79 Å². The molecule has 28 heavy (non-hydrogen) atoms. The highest BCUT2D eigenvalue weighted by Gasteiger charge is 2.13. The summed E-state index contributed by atoms with van der Waals surface area (Å²) in [5.41, 5.74) is 2.82. The summed E-state index contributed by atoms with van der Waals surface area (Å²) in [5, 5.41) is 1.66. The van der Waals surface area contributed by atoms with Crippen LogP contribution >= 0.6 is 11.3 Å². The van der Waals surface area contributed by atoms with E-state index in [0.29, 0.717) is 11.9 Å². The van der Waals surface area contributed by atoms with Gasteiger partial charge in [0.25, 0.3) is 5.56 Å². The van der Waals surface area contributed by atoms with Crippen LogP contribution < -0.4 is 10.3 Å². The largest absolute Gasteiger partial charge is 0.497 e. The zero-order valence-corrected chi connectivity index (χ0v) is 15.9. The topological polar surface area (TPSA) is 72.8 Å². The monoisotopic (exact) mass is 388 g/mol. The van der Waals surface area contributed by atoms with Crippen molar-refractivity contribution in [1.82, 2.24) is 19.5 Å². The molecule has 0 aliphatic rings. The standard InChI is InChI=1S/C21H16N4O2S/c1-27-14-4-2-3-13(9-14)11-25-12-24-20-17(21(25)26)10-18(28-20)15-5-7-22-19-16(15)6-8-23-19/h2-10,12H,11H2,1H3,(H,22,23). The minimum atomic E-state index is -0.0466. The molecule has 6 nitrogen and oxygen atoms in total. The van der Waals surface area contributed by atoms with Crippen LogP contribution in [0.4, 0.5) is 0 Å². The summed E-state index contributed by atoms with van der Waals surface area (Å²) < 4.78 is 6.90. The van der Waals surface area contributed by atoms with Crippen molar-refractivity contribution >= 4 is 32.6 Å². The number of H-pyrrole nitrogens is 1. The van der Waals surface area contributed by atoms with E-state index in [1.807, 2.05) is 48.7 Å². The molecule has 0 aliphatic heterocycles. The van der Waals surface area contributed by atoms with Gasteiger partial charge in [-0.1, -0.05) is 12.1 Å². The lowest BCUT2D eigenvalue weighted by molar-refractivity contribution is 0.414. The average Bonchev–Trinajstić information content (AvgIpc) is 3.37. The summed E-state index contributed by atoms with van der Waals surface area (Å²) >= 11 is 1.52. The Morgan fingerprint density at radius 3 is 2.96 bits per heavy atom. The fourth-order valence-electron chi connectivity index (χ4n) is 3.35. The van der Waals surface area contributed by atoms with Crippen molar-refractivity contribution in [2.45, 2.75) is 6.54 Å². The van der Waals surface area contributed by atoms with E-state index in [1.54, 1.807) is 24.2 Å². The van der Waals surface area contributed by atoms with E-state index in [4.69, 9.17) is 4.74 Å². The third-order valence-corrected chi connectivity index (χ3v) is 5.81. The molecule has 0 bridgehead atoms. The number of benzene rings is 1. The van der Waals surface area contributed by atoms with Gasteiger partial charge in [-0.15, -0.1) is 11.3 Å². The highest BCUT2D eigenvalue weighted by molar-refractivity contribution is 7.21. The fraction of sp³-hybridized carbons (Fsp3) is 0.0952. The Balaban J connectivity index is 1.58. The first kappa shape index (κ1) is 16.7. The molecule has 1 aromatic carbocycles. The summed E-state index contributed by atoms with van der Waals surface area (Å²) in [6.45, 7) is 0.446. The van der Waals surface area contributed by atoms with Gasteiger partial charge in [-0.3, -0.25) is 9.36 Å². The van der Waals surface area contributed by atoms with Gasteiger partial charge in [0.1, 0.15) is 16.2 Å². The summed E-state index contributed by atoms with van der Waals surface area (Å²) in [6.07, 6.45) is 5.25. The second kappa shape index (κ2) is 6.61. The van der Waals surface area contributed by atoms with Crippen molar-refractivity contribution in [2.24, 2.45) is 0 Å². The lowest BCUT2D eigenvalue weighted by Crippen LogP contribution is -2.20. The minimum absolute atomic E-state index is 0.0466.